The molecule has 1 rings (SSSR count). The highest BCUT2D eigenvalue weighted by atomic mass is 127. The first-order chi connectivity index (χ1) is 9.70. The van der Waals surface area contributed by atoms with E-state index in [9.17, 15) is 9.59 Å². The third-order valence-corrected chi connectivity index (χ3v) is 5.02. The minimum absolute atomic E-state index is 0.154. The fraction of sp³-hybridized carbons (Fsp3) is 0.429. The Morgan fingerprint density at radius 1 is 1.14 bits per heavy atom. The van der Waals surface area contributed by atoms with Gasteiger partial charge in [0.25, 0.3) is 0 Å². The topological polar surface area (TPSA) is 52.6 Å². The lowest BCUT2D eigenvalue weighted by Crippen LogP contribution is -2.38. The lowest BCUT2D eigenvalue weighted by Gasteiger charge is -2.21. The number of Topliss-reactive ketones (excluding diaryl/α,β-unsaturated/α-hetero) is 1. The number of carbonyl (C=O) groups excluding carboxylic acids is 2. The fourth-order valence-electron chi connectivity index (χ4n) is 1.41. The average molecular weight is 628 g/mol. The molecule has 7 heteroatoms. The van der Waals surface area contributed by atoms with E-state index < -0.39 is 11.4 Å². The summed E-state index contributed by atoms with van der Waals surface area (Å²) in [6.45, 7) is 4.92. The first kappa shape index (κ1) is 19.4. The Balaban J connectivity index is 2.80. The second-order valence-electron chi connectivity index (χ2n) is 4.76. The second-order valence-corrected chi connectivity index (χ2v) is 8.33. The van der Waals surface area contributed by atoms with E-state index in [4.69, 9.17) is 9.47 Å². The standard InChI is InChI=1S/C14H15I3O4/c1-4-20-13(19)14(2,3)11(18)7-21-12-9(16)5-8(15)6-10(12)17/h5-6H,4,7H2,1-3H3. The third kappa shape index (κ3) is 5.19. The molecule has 4 nitrogen and oxygen atoms in total. The van der Waals surface area contributed by atoms with E-state index in [2.05, 4.69) is 67.8 Å². The van der Waals surface area contributed by atoms with Gasteiger partial charge in [0.1, 0.15) is 17.8 Å². The van der Waals surface area contributed by atoms with Crippen molar-refractivity contribution in [1.82, 2.24) is 0 Å². The Kier molecular flexibility index (Phi) is 7.64. The van der Waals surface area contributed by atoms with Crippen molar-refractivity contribution in [2.45, 2.75) is 20.8 Å². The summed E-state index contributed by atoms with van der Waals surface area (Å²) in [5.41, 5.74) is -1.20. The number of carbonyl (C=O) groups is 2. The molecule has 0 unspecified atom stereocenters. The summed E-state index contributed by atoms with van der Waals surface area (Å²) in [6, 6.07) is 3.94. The predicted molar refractivity (Wildman–Crippen MR) is 106 cm³/mol. The van der Waals surface area contributed by atoms with Crippen molar-refractivity contribution in [2.24, 2.45) is 5.41 Å². The van der Waals surface area contributed by atoms with E-state index in [1.54, 1.807) is 20.8 Å². The molecule has 0 saturated carbocycles. The molecular formula is C14H15I3O4. The molecule has 0 atom stereocenters. The molecule has 0 fully saturated rings. The normalized spacial score (nSPS) is 11.1. The van der Waals surface area contributed by atoms with Gasteiger partial charge in [0.15, 0.2) is 5.78 Å². The van der Waals surface area contributed by atoms with Gasteiger partial charge in [-0.15, -0.1) is 0 Å². The minimum atomic E-state index is -1.20. The molecule has 0 amide bonds. The number of halogens is 3. The molecule has 0 aliphatic heterocycles. The molecule has 21 heavy (non-hydrogen) atoms. The molecule has 0 aliphatic rings. The molecule has 0 N–H and O–H groups in total. The Hall–Kier alpha value is 0.350. The number of benzene rings is 1. The molecule has 0 aliphatic carbocycles. The van der Waals surface area contributed by atoms with E-state index in [1.165, 1.54) is 0 Å². The number of ether oxygens (including phenoxy) is 2. The van der Waals surface area contributed by atoms with E-state index in [-0.39, 0.29) is 19.0 Å². The quantitative estimate of drug-likeness (QED) is 0.272. The Bertz CT molecular complexity index is 532. The van der Waals surface area contributed by atoms with Gasteiger partial charge in [-0.25, -0.2) is 0 Å². The van der Waals surface area contributed by atoms with Gasteiger partial charge in [-0.1, -0.05) is 0 Å². The summed E-state index contributed by atoms with van der Waals surface area (Å²) in [4.78, 5) is 24.0. The maximum atomic E-state index is 12.2. The maximum absolute atomic E-state index is 12.2. The van der Waals surface area contributed by atoms with Crippen molar-refractivity contribution in [3.8, 4) is 5.75 Å². The minimum Gasteiger partial charge on any atom is -0.484 e. The van der Waals surface area contributed by atoms with Crippen LogP contribution in [0.25, 0.3) is 0 Å². The molecule has 0 aromatic heterocycles. The van der Waals surface area contributed by atoms with Crippen LogP contribution in [-0.2, 0) is 14.3 Å². The number of rotatable bonds is 6. The van der Waals surface area contributed by atoms with Crippen LogP contribution in [0, 0.1) is 16.1 Å². The third-order valence-electron chi connectivity index (χ3n) is 2.79. The SMILES string of the molecule is CCOC(=O)C(C)(C)C(=O)COc1c(I)cc(I)cc1I. The highest BCUT2D eigenvalue weighted by Crippen LogP contribution is 2.30. The van der Waals surface area contributed by atoms with Crippen molar-refractivity contribution in [3.05, 3.63) is 22.8 Å². The molecule has 0 radical (unpaired) electrons. The Morgan fingerprint density at radius 3 is 2.14 bits per heavy atom. The zero-order valence-corrected chi connectivity index (χ0v) is 18.3. The van der Waals surface area contributed by atoms with Gasteiger partial charge in [-0.3, -0.25) is 9.59 Å². The van der Waals surface area contributed by atoms with Crippen molar-refractivity contribution < 1.29 is 19.1 Å². The van der Waals surface area contributed by atoms with Crippen LogP contribution in [0.3, 0.4) is 0 Å². The summed E-state index contributed by atoms with van der Waals surface area (Å²) in [5, 5.41) is 0. The molecule has 0 saturated heterocycles. The number of hydrogen-bond donors (Lipinski definition) is 0. The summed E-state index contributed by atoms with van der Waals surface area (Å²) in [7, 11) is 0. The maximum Gasteiger partial charge on any atom is 0.319 e. The zero-order chi connectivity index (χ0) is 16.2. The zero-order valence-electron chi connectivity index (χ0n) is 11.8. The lowest BCUT2D eigenvalue weighted by molar-refractivity contribution is -0.158. The van der Waals surface area contributed by atoms with Crippen LogP contribution >= 0.6 is 67.8 Å². The van der Waals surface area contributed by atoms with E-state index >= 15 is 0 Å². The fourth-order valence-corrected chi connectivity index (χ4v) is 5.30. The monoisotopic (exact) mass is 628 g/mol. The second kappa shape index (κ2) is 8.27. The number of ketones is 1. The Morgan fingerprint density at radius 2 is 1.67 bits per heavy atom. The average Bonchev–Trinajstić information content (AvgIpc) is 2.37. The summed E-state index contributed by atoms with van der Waals surface area (Å²) in [5.74, 6) is -0.152. The largest absolute Gasteiger partial charge is 0.484 e. The van der Waals surface area contributed by atoms with Gasteiger partial charge in [0, 0.05) is 3.57 Å². The smallest absolute Gasteiger partial charge is 0.319 e. The molecule has 116 valence electrons. The van der Waals surface area contributed by atoms with Crippen LogP contribution < -0.4 is 4.74 Å². The lowest BCUT2D eigenvalue weighted by atomic mass is 9.88. The summed E-state index contributed by atoms with van der Waals surface area (Å²) in [6.07, 6.45) is 0. The Labute approximate surface area is 165 Å². The molecule has 0 spiro atoms. The van der Waals surface area contributed by atoms with Crippen molar-refractivity contribution in [1.29, 1.82) is 0 Å². The van der Waals surface area contributed by atoms with Crippen molar-refractivity contribution in [2.75, 3.05) is 13.2 Å². The van der Waals surface area contributed by atoms with Crippen molar-refractivity contribution in [3.63, 3.8) is 0 Å². The number of hydrogen-bond acceptors (Lipinski definition) is 4. The first-order valence-electron chi connectivity index (χ1n) is 6.18. The summed E-state index contributed by atoms with van der Waals surface area (Å²) >= 11 is 6.56. The first-order valence-corrected chi connectivity index (χ1v) is 9.41. The molecule has 0 heterocycles. The van der Waals surface area contributed by atoms with Gasteiger partial charge in [-0.05, 0) is 101 Å². The van der Waals surface area contributed by atoms with Gasteiger partial charge < -0.3 is 9.47 Å². The molecule has 0 bridgehead atoms. The number of esters is 1. The van der Waals surface area contributed by atoms with Crippen LogP contribution in [0.15, 0.2) is 12.1 Å². The van der Waals surface area contributed by atoms with Gasteiger partial charge in [-0.2, -0.15) is 0 Å². The van der Waals surface area contributed by atoms with Crippen LogP contribution in [0.4, 0.5) is 0 Å². The van der Waals surface area contributed by atoms with Crippen LogP contribution in [-0.4, -0.2) is 25.0 Å². The summed E-state index contributed by atoms with van der Waals surface area (Å²) < 4.78 is 13.5. The van der Waals surface area contributed by atoms with Crippen LogP contribution in [0.2, 0.25) is 0 Å². The van der Waals surface area contributed by atoms with E-state index in [0.717, 1.165) is 10.7 Å². The highest BCUT2D eigenvalue weighted by Gasteiger charge is 2.37. The van der Waals surface area contributed by atoms with Gasteiger partial charge >= 0.3 is 5.97 Å². The van der Waals surface area contributed by atoms with Gasteiger partial charge in [0.05, 0.1) is 13.7 Å². The molecule has 1 aromatic rings. The van der Waals surface area contributed by atoms with E-state index in [1.807, 2.05) is 12.1 Å². The predicted octanol–water partition coefficient (Wildman–Crippen LogP) is 4.04. The van der Waals surface area contributed by atoms with Crippen molar-refractivity contribution >= 4 is 79.5 Å². The molecule has 1 aromatic carbocycles. The van der Waals surface area contributed by atoms with E-state index in [0.29, 0.717) is 5.75 Å². The van der Waals surface area contributed by atoms with Crippen LogP contribution in [0.1, 0.15) is 20.8 Å². The molecular weight excluding hydrogens is 613 g/mol. The van der Waals surface area contributed by atoms with Crippen LogP contribution in [0.5, 0.6) is 5.75 Å². The highest BCUT2D eigenvalue weighted by molar-refractivity contribution is 14.1. The van der Waals surface area contributed by atoms with Gasteiger partial charge in [0.2, 0.25) is 0 Å².